The molecule has 1 heteroatoms. The van der Waals surface area contributed by atoms with Crippen LogP contribution in [0.1, 0.15) is 29.9 Å². The minimum Gasteiger partial charge on any atom is -0.211 e. The third-order valence-electron chi connectivity index (χ3n) is 4.59. The molecule has 2 atom stereocenters. The summed E-state index contributed by atoms with van der Waals surface area (Å²) >= 11 is 0. The molecular formula is C18H15F. The van der Waals surface area contributed by atoms with Crippen molar-refractivity contribution in [2.45, 2.75) is 18.8 Å². The molecule has 0 N–H and O–H groups in total. The van der Waals surface area contributed by atoms with Crippen LogP contribution in [0.5, 0.6) is 0 Å². The van der Waals surface area contributed by atoms with Gasteiger partial charge in [-0.15, -0.1) is 0 Å². The first-order chi connectivity index (χ1) is 9.31. The van der Waals surface area contributed by atoms with Crippen LogP contribution in [0.15, 0.2) is 66.5 Å². The summed E-state index contributed by atoms with van der Waals surface area (Å²) in [6, 6.07) is 20.3. The van der Waals surface area contributed by atoms with Gasteiger partial charge in [0.1, 0.15) is 5.83 Å². The molecule has 2 aliphatic carbocycles. The maximum Gasteiger partial charge on any atom is 0.111 e. The van der Waals surface area contributed by atoms with Gasteiger partial charge in [0.05, 0.1) is 0 Å². The monoisotopic (exact) mass is 250 g/mol. The highest BCUT2D eigenvalue weighted by Crippen LogP contribution is 2.74. The smallest absolute Gasteiger partial charge is 0.111 e. The van der Waals surface area contributed by atoms with Crippen LogP contribution in [0.25, 0.3) is 5.57 Å². The lowest BCUT2D eigenvalue weighted by Gasteiger charge is -2.30. The summed E-state index contributed by atoms with van der Waals surface area (Å²) in [7, 11) is 0. The van der Waals surface area contributed by atoms with Crippen molar-refractivity contribution in [3.63, 3.8) is 0 Å². The second kappa shape index (κ2) is 3.80. The fourth-order valence-corrected chi connectivity index (χ4v) is 3.40. The molecule has 2 aliphatic rings. The zero-order valence-corrected chi connectivity index (χ0v) is 10.6. The molecule has 1 fully saturated rings. The Bertz CT molecular complexity index is 642. The average Bonchev–Trinajstić information content (AvgIpc) is 3.24. The molecule has 1 spiro atoms. The number of hydrogen-bond donors (Lipinski definition) is 0. The Balaban J connectivity index is 1.64. The Hall–Kier alpha value is -1.89. The summed E-state index contributed by atoms with van der Waals surface area (Å²) < 4.78 is 14.5. The van der Waals surface area contributed by atoms with Crippen molar-refractivity contribution < 1.29 is 4.39 Å². The third-order valence-corrected chi connectivity index (χ3v) is 4.59. The average molecular weight is 250 g/mol. The van der Waals surface area contributed by atoms with E-state index in [-0.39, 0.29) is 11.2 Å². The molecular weight excluding hydrogens is 235 g/mol. The van der Waals surface area contributed by atoms with Crippen molar-refractivity contribution >= 4 is 5.57 Å². The Labute approximate surface area is 112 Å². The van der Waals surface area contributed by atoms with Crippen LogP contribution < -0.4 is 0 Å². The van der Waals surface area contributed by atoms with Crippen LogP contribution in [-0.2, 0) is 0 Å². The Kier molecular flexibility index (Phi) is 2.20. The maximum absolute atomic E-state index is 14.5. The molecule has 19 heavy (non-hydrogen) atoms. The fraction of sp³-hybridized carbons (Fsp3) is 0.222. The van der Waals surface area contributed by atoms with E-state index < -0.39 is 0 Å². The van der Waals surface area contributed by atoms with Gasteiger partial charge in [-0.3, -0.25) is 0 Å². The molecule has 4 rings (SSSR count). The van der Waals surface area contributed by atoms with Gasteiger partial charge in [-0.05, 0) is 35.5 Å². The molecule has 0 radical (unpaired) electrons. The number of allylic oxidation sites excluding steroid dienone is 2. The second-order valence-electron chi connectivity index (χ2n) is 5.66. The zero-order valence-electron chi connectivity index (χ0n) is 10.6. The van der Waals surface area contributed by atoms with E-state index in [1.807, 2.05) is 48.5 Å². The number of benzene rings is 2. The van der Waals surface area contributed by atoms with Crippen molar-refractivity contribution in [3.8, 4) is 0 Å². The van der Waals surface area contributed by atoms with E-state index in [0.29, 0.717) is 5.92 Å². The largest absolute Gasteiger partial charge is 0.211 e. The van der Waals surface area contributed by atoms with Crippen LogP contribution >= 0.6 is 0 Å². The van der Waals surface area contributed by atoms with Gasteiger partial charge >= 0.3 is 0 Å². The standard InChI is InChI=1S/C18H15F/c19-17-15(13-7-3-1-4-8-13)11-18(17)12-16(18)14-9-5-2-6-10-14/h1-10,16H,11-12H2/t16-,18+/m1/s1. The van der Waals surface area contributed by atoms with E-state index in [0.717, 1.165) is 24.0 Å². The molecule has 0 heterocycles. The molecule has 1 saturated carbocycles. The Morgan fingerprint density at radius 1 is 0.895 bits per heavy atom. The van der Waals surface area contributed by atoms with E-state index >= 15 is 0 Å². The molecule has 0 amide bonds. The summed E-state index contributed by atoms with van der Waals surface area (Å²) in [4.78, 5) is 0. The normalized spacial score (nSPS) is 28.4. The minimum atomic E-state index is -0.160. The first kappa shape index (κ1) is 11.0. The number of rotatable bonds is 2. The highest BCUT2D eigenvalue weighted by atomic mass is 19.1. The lowest BCUT2D eigenvalue weighted by atomic mass is 9.76. The molecule has 2 aromatic rings. The summed E-state index contributed by atoms with van der Waals surface area (Å²) in [5.41, 5.74) is 3.08. The lowest BCUT2D eigenvalue weighted by molar-refractivity contribution is 0.400. The van der Waals surface area contributed by atoms with Crippen LogP contribution in [0, 0.1) is 5.41 Å². The van der Waals surface area contributed by atoms with E-state index in [9.17, 15) is 4.39 Å². The molecule has 94 valence electrons. The first-order valence-electron chi connectivity index (χ1n) is 6.81. The van der Waals surface area contributed by atoms with Gasteiger partial charge in [0, 0.05) is 5.41 Å². The molecule has 2 aromatic carbocycles. The van der Waals surface area contributed by atoms with E-state index in [1.54, 1.807) is 0 Å². The van der Waals surface area contributed by atoms with Crippen molar-refractivity contribution in [3.05, 3.63) is 77.6 Å². The van der Waals surface area contributed by atoms with Crippen molar-refractivity contribution in [2.75, 3.05) is 0 Å². The van der Waals surface area contributed by atoms with Gasteiger partial charge in [-0.2, -0.15) is 0 Å². The summed E-state index contributed by atoms with van der Waals surface area (Å²) in [5, 5.41) is 0. The van der Waals surface area contributed by atoms with Crippen LogP contribution in [-0.4, -0.2) is 0 Å². The van der Waals surface area contributed by atoms with Crippen molar-refractivity contribution in [1.82, 2.24) is 0 Å². The Morgan fingerprint density at radius 3 is 2.16 bits per heavy atom. The first-order valence-corrected chi connectivity index (χ1v) is 6.81. The summed E-state index contributed by atoms with van der Waals surface area (Å²) in [6.07, 6.45) is 1.86. The summed E-state index contributed by atoms with van der Waals surface area (Å²) in [5.74, 6) is 0.522. The fourth-order valence-electron chi connectivity index (χ4n) is 3.40. The van der Waals surface area contributed by atoms with Gasteiger partial charge in [0.2, 0.25) is 0 Å². The summed E-state index contributed by atoms with van der Waals surface area (Å²) in [6.45, 7) is 0. The van der Waals surface area contributed by atoms with Crippen LogP contribution in [0.2, 0.25) is 0 Å². The highest BCUT2D eigenvalue weighted by Gasteiger charge is 2.64. The van der Waals surface area contributed by atoms with Crippen molar-refractivity contribution in [2.24, 2.45) is 5.41 Å². The quantitative estimate of drug-likeness (QED) is 0.707. The van der Waals surface area contributed by atoms with Gasteiger partial charge < -0.3 is 0 Å². The van der Waals surface area contributed by atoms with Crippen molar-refractivity contribution in [1.29, 1.82) is 0 Å². The zero-order chi connectivity index (χ0) is 12.9. The highest BCUT2D eigenvalue weighted by molar-refractivity contribution is 5.77. The molecule has 0 nitrogen and oxygen atoms in total. The number of halogens is 1. The van der Waals surface area contributed by atoms with Crippen LogP contribution in [0.3, 0.4) is 0 Å². The van der Waals surface area contributed by atoms with E-state index in [1.165, 1.54) is 5.56 Å². The molecule has 0 aromatic heterocycles. The van der Waals surface area contributed by atoms with Gasteiger partial charge in [-0.1, -0.05) is 60.7 Å². The predicted molar refractivity (Wildman–Crippen MR) is 75.3 cm³/mol. The Morgan fingerprint density at radius 2 is 1.53 bits per heavy atom. The third kappa shape index (κ3) is 1.51. The van der Waals surface area contributed by atoms with E-state index in [4.69, 9.17) is 0 Å². The van der Waals surface area contributed by atoms with Crippen LogP contribution in [0.4, 0.5) is 4.39 Å². The molecule has 0 unspecified atom stereocenters. The molecule has 0 saturated heterocycles. The topological polar surface area (TPSA) is 0 Å². The van der Waals surface area contributed by atoms with Gasteiger partial charge in [-0.25, -0.2) is 4.39 Å². The minimum absolute atomic E-state index is 0.132. The lowest BCUT2D eigenvalue weighted by Crippen LogP contribution is -2.18. The second-order valence-corrected chi connectivity index (χ2v) is 5.66. The van der Waals surface area contributed by atoms with Gasteiger partial charge in [0.25, 0.3) is 0 Å². The SMILES string of the molecule is FC1=C(c2ccccc2)C[C@@]12C[C@@H]2c1ccccc1. The predicted octanol–water partition coefficient (Wildman–Crippen LogP) is 4.94. The maximum atomic E-state index is 14.5. The number of hydrogen-bond acceptors (Lipinski definition) is 0. The molecule has 0 aliphatic heterocycles. The van der Waals surface area contributed by atoms with E-state index in [2.05, 4.69) is 12.1 Å². The van der Waals surface area contributed by atoms with Gasteiger partial charge in [0.15, 0.2) is 0 Å². The molecule has 0 bridgehead atoms.